The van der Waals surface area contributed by atoms with Gasteiger partial charge in [-0.25, -0.2) is 4.39 Å². The second-order valence-corrected chi connectivity index (χ2v) is 5.30. The Kier molecular flexibility index (Phi) is 5.33. The van der Waals surface area contributed by atoms with Crippen LogP contribution in [0.25, 0.3) is 0 Å². The van der Waals surface area contributed by atoms with Gasteiger partial charge in [0.2, 0.25) is 11.8 Å². The normalized spacial score (nSPS) is 10.4. The molecule has 6 nitrogen and oxygen atoms in total. The van der Waals surface area contributed by atoms with E-state index in [2.05, 4.69) is 10.5 Å². The van der Waals surface area contributed by atoms with Crippen LogP contribution in [0.2, 0.25) is 5.02 Å². The molecule has 0 bridgehead atoms. The van der Waals surface area contributed by atoms with Crippen LogP contribution in [0.5, 0.6) is 0 Å². The van der Waals surface area contributed by atoms with Gasteiger partial charge in [-0.3, -0.25) is 14.5 Å². The van der Waals surface area contributed by atoms with Gasteiger partial charge in [0.05, 0.1) is 5.02 Å². The molecule has 8 heteroatoms. The summed E-state index contributed by atoms with van der Waals surface area (Å²) >= 11 is 5.65. The molecule has 23 heavy (non-hydrogen) atoms. The molecule has 0 aliphatic carbocycles. The minimum absolute atomic E-state index is 0.0421. The number of benzene rings is 1. The van der Waals surface area contributed by atoms with Crippen LogP contribution in [0.3, 0.4) is 0 Å². The van der Waals surface area contributed by atoms with E-state index < -0.39 is 5.82 Å². The Hall–Kier alpha value is -2.41. The molecule has 0 aliphatic heterocycles. The fraction of sp³-hybridized carbons (Fsp3) is 0.267. The Bertz CT molecular complexity index is 733. The number of hydrogen-bond acceptors (Lipinski definition) is 4. The molecule has 0 saturated heterocycles. The van der Waals surface area contributed by atoms with Crippen LogP contribution in [0, 0.1) is 12.7 Å². The molecule has 1 N–H and O–H groups in total. The van der Waals surface area contributed by atoms with Crippen molar-refractivity contribution in [1.29, 1.82) is 0 Å². The lowest BCUT2D eigenvalue weighted by Gasteiger charge is -2.17. The maximum Gasteiger partial charge on any atom is 0.226 e. The van der Waals surface area contributed by atoms with Gasteiger partial charge in [-0.05, 0) is 25.1 Å². The highest BCUT2D eigenvalue weighted by atomic mass is 35.5. The van der Waals surface area contributed by atoms with Crippen molar-refractivity contribution in [3.63, 3.8) is 0 Å². The molecule has 1 aromatic carbocycles. The van der Waals surface area contributed by atoms with Crippen molar-refractivity contribution in [2.24, 2.45) is 0 Å². The third kappa shape index (κ3) is 4.53. The molecule has 2 amide bonds. The summed E-state index contributed by atoms with van der Waals surface area (Å²) in [4.78, 5) is 24.9. The van der Waals surface area contributed by atoms with Crippen molar-refractivity contribution >= 4 is 34.9 Å². The van der Waals surface area contributed by atoms with E-state index in [0.717, 1.165) is 6.07 Å². The van der Waals surface area contributed by atoms with Crippen molar-refractivity contribution < 1.29 is 18.5 Å². The second-order valence-electron chi connectivity index (χ2n) is 4.89. The summed E-state index contributed by atoms with van der Waals surface area (Å²) in [5, 5.41) is 6.27. The monoisotopic (exact) mass is 339 g/mol. The summed E-state index contributed by atoms with van der Waals surface area (Å²) in [7, 11) is 0. The minimum Gasteiger partial charge on any atom is -0.360 e. The van der Waals surface area contributed by atoms with Gasteiger partial charge >= 0.3 is 0 Å². The van der Waals surface area contributed by atoms with Gasteiger partial charge in [0.25, 0.3) is 0 Å². The highest BCUT2D eigenvalue weighted by Crippen LogP contribution is 2.20. The molecule has 0 aliphatic rings. The van der Waals surface area contributed by atoms with Gasteiger partial charge < -0.3 is 9.84 Å². The van der Waals surface area contributed by atoms with Crippen LogP contribution < -0.4 is 10.2 Å². The maximum atomic E-state index is 13.1. The number of nitrogens with one attached hydrogen (secondary N) is 1. The first-order valence-electron chi connectivity index (χ1n) is 6.83. The first kappa shape index (κ1) is 17.0. The molecular weight excluding hydrogens is 325 g/mol. The number of aromatic nitrogens is 1. The van der Waals surface area contributed by atoms with E-state index >= 15 is 0 Å². The molecule has 122 valence electrons. The standard InChI is InChI=1S/C15H15ClFN3O3/c1-9-7-14(19-23-9)20(10(2)21)6-5-15(22)18-11-3-4-13(17)12(16)8-11/h3-4,7-8H,5-6H2,1-2H3,(H,18,22). The molecule has 2 rings (SSSR count). The Balaban J connectivity index is 1.96. The topological polar surface area (TPSA) is 75.4 Å². The van der Waals surface area contributed by atoms with E-state index in [1.165, 1.54) is 24.0 Å². The summed E-state index contributed by atoms with van der Waals surface area (Å²) < 4.78 is 18.0. The summed E-state index contributed by atoms with van der Waals surface area (Å²) in [6, 6.07) is 5.50. The fourth-order valence-electron chi connectivity index (χ4n) is 1.92. The number of halogens is 2. The number of anilines is 2. The molecule has 1 aromatic heterocycles. The predicted octanol–water partition coefficient (Wildman–Crippen LogP) is 3.16. The van der Waals surface area contributed by atoms with E-state index in [1.54, 1.807) is 13.0 Å². The van der Waals surface area contributed by atoms with E-state index in [4.69, 9.17) is 16.1 Å². The van der Waals surface area contributed by atoms with Gasteiger partial charge in [-0.1, -0.05) is 16.8 Å². The predicted molar refractivity (Wildman–Crippen MR) is 83.9 cm³/mol. The lowest BCUT2D eigenvalue weighted by molar-refractivity contribution is -0.117. The maximum absolute atomic E-state index is 13.1. The largest absolute Gasteiger partial charge is 0.360 e. The summed E-state index contributed by atoms with van der Waals surface area (Å²) in [6.45, 7) is 3.23. The number of nitrogens with zero attached hydrogens (tertiary/aromatic N) is 2. The minimum atomic E-state index is -0.561. The van der Waals surface area contributed by atoms with E-state index in [9.17, 15) is 14.0 Å². The van der Waals surface area contributed by atoms with E-state index in [0.29, 0.717) is 17.3 Å². The average molecular weight is 340 g/mol. The lowest BCUT2D eigenvalue weighted by atomic mass is 10.3. The Labute approximate surface area is 137 Å². The van der Waals surface area contributed by atoms with Crippen molar-refractivity contribution in [1.82, 2.24) is 5.16 Å². The van der Waals surface area contributed by atoms with Gasteiger partial charge in [-0.15, -0.1) is 0 Å². The Morgan fingerprint density at radius 2 is 2.13 bits per heavy atom. The summed E-state index contributed by atoms with van der Waals surface area (Å²) in [5.41, 5.74) is 0.382. The summed E-state index contributed by atoms with van der Waals surface area (Å²) in [5.74, 6) is -0.229. The molecule has 0 fully saturated rings. The SMILES string of the molecule is CC(=O)N(CCC(=O)Nc1ccc(F)c(Cl)c1)c1cc(C)on1. The number of rotatable bonds is 5. The van der Waals surface area contributed by atoms with Crippen molar-refractivity contribution in [2.45, 2.75) is 20.3 Å². The fourth-order valence-corrected chi connectivity index (χ4v) is 2.11. The van der Waals surface area contributed by atoms with Gasteiger partial charge in [0.1, 0.15) is 11.6 Å². The molecule has 1 heterocycles. The highest BCUT2D eigenvalue weighted by molar-refractivity contribution is 6.31. The first-order valence-corrected chi connectivity index (χ1v) is 7.21. The Morgan fingerprint density at radius 3 is 2.70 bits per heavy atom. The van der Waals surface area contributed by atoms with E-state index in [-0.39, 0.29) is 29.8 Å². The third-order valence-electron chi connectivity index (χ3n) is 3.04. The number of hydrogen-bond donors (Lipinski definition) is 1. The molecule has 2 aromatic rings. The smallest absolute Gasteiger partial charge is 0.226 e. The Morgan fingerprint density at radius 1 is 1.39 bits per heavy atom. The second kappa shape index (κ2) is 7.23. The molecule has 0 unspecified atom stereocenters. The van der Waals surface area contributed by atoms with Crippen LogP contribution in [0.4, 0.5) is 15.9 Å². The van der Waals surface area contributed by atoms with Crippen LogP contribution in [0.1, 0.15) is 19.1 Å². The van der Waals surface area contributed by atoms with Crippen molar-refractivity contribution in [2.75, 3.05) is 16.8 Å². The molecule has 0 saturated carbocycles. The molecule has 0 radical (unpaired) electrons. The third-order valence-corrected chi connectivity index (χ3v) is 3.33. The molecular formula is C15H15ClFN3O3. The molecule has 0 spiro atoms. The van der Waals surface area contributed by atoms with E-state index in [1.807, 2.05) is 0 Å². The lowest BCUT2D eigenvalue weighted by Crippen LogP contribution is -2.32. The highest BCUT2D eigenvalue weighted by Gasteiger charge is 2.17. The number of amides is 2. The number of aryl methyl sites for hydroxylation is 1. The van der Waals surface area contributed by atoms with Gasteiger partial charge in [-0.2, -0.15) is 0 Å². The zero-order valence-electron chi connectivity index (χ0n) is 12.6. The van der Waals surface area contributed by atoms with Gasteiger partial charge in [0.15, 0.2) is 5.82 Å². The number of carbonyl (C=O) groups is 2. The van der Waals surface area contributed by atoms with Crippen LogP contribution in [-0.2, 0) is 9.59 Å². The first-order chi connectivity index (χ1) is 10.9. The molecule has 0 atom stereocenters. The zero-order chi connectivity index (χ0) is 17.0. The van der Waals surface area contributed by atoms with Crippen molar-refractivity contribution in [3.8, 4) is 0 Å². The zero-order valence-corrected chi connectivity index (χ0v) is 13.4. The van der Waals surface area contributed by atoms with Crippen molar-refractivity contribution in [3.05, 3.63) is 40.9 Å². The quantitative estimate of drug-likeness (QED) is 0.908. The average Bonchev–Trinajstić information content (AvgIpc) is 2.89. The number of carbonyl (C=O) groups excluding carboxylic acids is 2. The van der Waals surface area contributed by atoms with Crippen LogP contribution >= 0.6 is 11.6 Å². The van der Waals surface area contributed by atoms with Crippen LogP contribution in [0.15, 0.2) is 28.8 Å². The summed E-state index contributed by atoms with van der Waals surface area (Å²) in [6.07, 6.45) is 0.0421. The van der Waals surface area contributed by atoms with Gasteiger partial charge in [0, 0.05) is 31.6 Å². The van der Waals surface area contributed by atoms with Crippen LogP contribution in [-0.4, -0.2) is 23.5 Å².